The second-order valence-corrected chi connectivity index (χ2v) is 4.89. The second-order valence-electron chi connectivity index (χ2n) is 4.89. The van der Waals surface area contributed by atoms with Gasteiger partial charge < -0.3 is 4.48 Å². The Balaban J connectivity index is 4.25. The van der Waals surface area contributed by atoms with Crippen molar-refractivity contribution in [2.75, 3.05) is 27.7 Å². The van der Waals surface area contributed by atoms with Gasteiger partial charge in [-0.1, -0.05) is 0 Å². The van der Waals surface area contributed by atoms with Crippen molar-refractivity contribution >= 4 is 5.78 Å². The number of Topliss-reactive ketones (excluding diaryl/α,β-unsaturated/α-hetero) is 1. The molecule has 0 amide bonds. The highest BCUT2D eigenvalue weighted by atomic mass is 16.1. The number of nitrogens with zero attached hydrogens (tertiary/aromatic N) is 1. The SMILES string of the molecule is CC(=O)C(C)(C)C[N+](C)(C)C. The molecule has 0 aliphatic heterocycles. The monoisotopic (exact) mass is 158 g/mol. The Morgan fingerprint density at radius 1 is 1.27 bits per heavy atom. The zero-order valence-corrected chi connectivity index (χ0v) is 8.56. The molecule has 0 spiro atoms. The van der Waals surface area contributed by atoms with Gasteiger partial charge in [-0.3, -0.25) is 4.79 Å². The smallest absolute Gasteiger partial charge is 0.141 e. The minimum Gasteiger partial charge on any atom is -0.330 e. The molecule has 66 valence electrons. The van der Waals surface area contributed by atoms with Gasteiger partial charge in [-0.05, 0) is 20.8 Å². The predicted molar refractivity (Wildman–Crippen MR) is 47.4 cm³/mol. The third-order valence-electron chi connectivity index (χ3n) is 1.82. The van der Waals surface area contributed by atoms with Gasteiger partial charge >= 0.3 is 0 Å². The van der Waals surface area contributed by atoms with Crippen LogP contribution in [0.3, 0.4) is 0 Å². The van der Waals surface area contributed by atoms with Crippen LogP contribution in [-0.2, 0) is 4.79 Å². The van der Waals surface area contributed by atoms with Crippen LogP contribution < -0.4 is 0 Å². The average molecular weight is 158 g/mol. The van der Waals surface area contributed by atoms with Crippen molar-refractivity contribution in [1.29, 1.82) is 0 Å². The molecule has 0 atom stereocenters. The quantitative estimate of drug-likeness (QED) is 0.566. The highest BCUT2D eigenvalue weighted by molar-refractivity contribution is 5.81. The summed E-state index contributed by atoms with van der Waals surface area (Å²) in [7, 11) is 6.31. The largest absolute Gasteiger partial charge is 0.330 e. The Morgan fingerprint density at radius 2 is 1.64 bits per heavy atom. The summed E-state index contributed by atoms with van der Waals surface area (Å²) in [5, 5.41) is 0. The number of carbonyl (C=O) groups is 1. The summed E-state index contributed by atoms with van der Waals surface area (Å²) in [6, 6.07) is 0. The van der Waals surface area contributed by atoms with Gasteiger partial charge in [0.1, 0.15) is 5.78 Å². The van der Waals surface area contributed by atoms with E-state index in [1.165, 1.54) is 0 Å². The fourth-order valence-electron chi connectivity index (χ4n) is 1.30. The summed E-state index contributed by atoms with van der Waals surface area (Å²) >= 11 is 0. The van der Waals surface area contributed by atoms with E-state index in [0.29, 0.717) is 0 Å². The van der Waals surface area contributed by atoms with Gasteiger partial charge in [0.15, 0.2) is 0 Å². The van der Waals surface area contributed by atoms with Gasteiger partial charge in [0.25, 0.3) is 0 Å². The molecule has 0 radical (unpaired) electrons. The van der Waals surface area contributed by atoms with Crippen molar-refractivity contribution in [2.45, 2.75) is 20.8 Å². The fourth-order valence-corrected chi connectivity index (χ4v) is 1.30. The first kappa shape index (κ1) is 10.6. The Hall–Kier alpha value is -0.370. The van der Waals surface area contributed by atoms with Crippen LogP contribution in [0.25, 0.3) is 0 Å². The highest BCUT2D eigenvalue weighted by Gasteiger charge is 2.30. The summed E-state index contributed by atoms with van der Waals surface area (Å²) in [6.07, 6.45) is 0. The normalized spacial score (nSPS) is 13.3. The predicted octanol–water partition coefficient (Wildman–Crippen LogP) is 1.31. The molecule has 2 nitrogen and oxygen atoms in total. The molecule has 0 saturated carbocycles. The van der Waals surface area contributed by atoms with Crippen LogP contribution in [0.1, 0.15) is 20.8 Å². The molecule has 0 aromatic carbocycles. The molecule has 0 rings (SSSR count). The maximum absolute atomic E-state index is 11.1. The van der Waals surface area contributed by atoms with Crippen LogP contribution in [0.2, 0.25) is 0 Å². The lowest BCUT2D eigenvalue weighted by molar-refractivity contribution is -0.875. The number of carbonyl (C=O) groups excluding carboxylic acids is 1. The first-order valence-electron chi connectivity index (χ1n) is 3.97. The molecule has 11 heavy (non-hydrogen) atoms. The van der Waals surface area contributed by atoms with E-state index in [4.69, 9.17) is 0 Å². The Bertz CT molecular complexity index is 153. The Labute approximate surface area is 69.8 Å². The van der Waals surface area contributed by atoms with Crippen molar-refractivity contribution < 1.29 is 9.28 Å². The average Bonchev–Trinajstić information content (AvgIpc) is 1.56. The van der Waals surface area contributed by atoms with Gasteiger partial charge in [-0.25, -0.2) is 0 Å². The topological polar surface area (TPSA) is 17.1 Å². The molecule has 2 heteroatoms. The minimum absolute atomic E-state index is 0.182. The van der Waals surface area contributed by atoms with Gasteiger partial charge in [-0.15, -0.1) is 0 Å². The highest BCUT2D eigenvalue weighted by Crippen LogP contribution is 2.19. The van der Waals surface area contributed by atoms with E-state index < -0.39 is 0 Å². The molecule has 0 heterocycles. The molecule has 0 N–H and O–H groups in total. The molecule has 0 aromatic rings. The molecule has 0 fully saturated rings. The lowest BCUT2D eigenvalue weighted by Crippen LogP contribution is -2.45. The summed E-state index contributed by atoms with van der Waals surface area (Å²) in [6.45, 7) is 6.55. The maximum Gasteiger partial charge on any atom is 0.141 e. The fraction of sp³-hybridized carbons (Fsp3) is 0.889. The first-order valence-corrected chi connectivity index (χ1v) is 3.97. The molecule has 0 saturated heterocycles. The maximum atomic E-state index is 11.1. The molecule has 0 aromatic heterocycles. The zero-order valence-electron chi connectivity index (χ0n) is 8.56. The van der Waals surface area contributed by atoms with E-state index in [2.05, 4.69) is 21.1 Å². The van der Waals surface area contributed by atoms with E-state index in [1.807, 2.05) is 13.8 Å². The lowest BCUT2D eigenvalue weighted by atomic mass is 9.88. The van der Waals surface area contributed by atoms with E-state index >= 15 is 0 Å². The molecule has 0 aliphatic rings. The third-order valence-corrected chi connectivity index (χ3v) is 1.82. The second kappa shape index (κ2) is 2.94. The van der Waals surface area contributed by atoms with E-state index in [9.17, 15) is 4.79 Å². The van der Waals surface area contributed by atoms with Crippen LogP contribution >= 0.6 is 0 Å². The van der Waals surface area contributed by atoms with E-state index in [-0.39, 0.29) is 11.2 Å². The number of quaternary nitrogens is 1. The molecular formula is C9H20NO+. The molecule has 0 bridgehead atoms. The zero-order chi connectivity index (χ0) is 9.28. The summed E-state index contributed by atoms with van der Waals surface area (Å²) in [5.74, 6) is 0.269. The Kier molecular flexibility index (Phi) is 2.84. The van der Waals surface area contributed by atoms with Crippen LogP contribution in [0.5, 0.6) is 0 Å². The van der Waals surface area contributed by atoms with Crippen LogP contribution in [-0.4, -0.2) is 38.0 Å². The number of ketones is 1. The number of rotatable bonds is 3. The van der Waals surface area contributed by atoms with Crippen molar-refractivity contribution in [2.24, 2.45) is 5.41 Å². The number of hydrogen-bond donors (Lipinski definition) is 0. The Morgan fingerprint density at radius 3 is 1.73 bits per heavy atom. The minimum atomic E-state index is -0.182. The van der Waals surface area contributed by atoms with Crippen molar-refractivity contribution in [3.63, 3.8) is 0 Å². The molecule has 0 aliphatic carbocycles. The lowest BCUT2D eigenvalue weighted by Gasteiger charge is -2.32. The third kappa shape index (κ3) is 4.14. The van der Waals surface area contributed by atoms with Crippen molar-refractivity contribution in [3.05, 3.63) is 0 Å². The van der Waals surface area contributed by atoms with E-state index in [0.717, 1.165) is 11.0 Å². The molecule has 0 unspecified atom stereocenters. The summed E-state index contributed by atoms with van der Waals surface area (Å²) in [4.78, 5) is 11.1. The van der Waals surface area contributed by atoms with Crippen LogP contribution in [0.4, 0.5) is 0 Å². The van der Waals surface area contributed by atoms with Gasteiger partial charge in [0.2, 0.25) is 0 Å². The van der Waals surface area contributed by atoms with Crippen LogP contribution in [0.15, 0.2) is 0 Å². The van der Waals surface area contributed by atoms with Gasteiger partial charge in [0, 0.05) is 0 Å². The number of hydrogen-bond acceptors (Lipinski definition) is 1. The standard InChI is InChI=1S/C9H20NO/c1-8(11)9(2,3)7-10(4,5)6/h7H2,1-6H3/q+1. The van der Waals surface area contributed by atoms with Crippen molar-refractivity contribution in [1.82, 2.24) is 0 Å². The van der Waals surface area contributed by atoms with Gasteiger partial charge in [-0.2, -0.15) is 0 Å². The van der Waals surface area contributed by atoms with Crippen molar-refractivity contribution in [3.8, 4) is 0 Å². The first-order chi connectivity index (χ1) is 4.65. The summed E-state index contributed by atoms with van der Waals surface area (Å²) in [5.41, 5.74) is -0.182. The van der Waals surface area contributed by atoms with Crippen LogP contribution in [0, 0.1) is 5.41 Å². The molecular weight excluding hydrogens is 138 g/mol. The summed E-state index contributed by atoms with van der Waals surface area (Å²) < 4.78 is 0.840. The van der Waals surface area contributed by atoms with Gasteiger partial charge in [0.05, 0.1) is 33.1 Å². The van der Waals surface area contributed by atoms with E-state index in [1.54, 1.807) is 6.92 Å².